The van der Waals surface area contributed by atoms with Crippen LogP contribution in [0.5, 0.6) is 11.5 Å². The molecule has 49 heavy (non-hydrogen) atoms. The number of benzene rings is 4. The highest BCUT2D eigenvalue weighted by molar-refractivity contribution is 7.97. The van der Waals surface area contributed by atoms with Crippen LogP contribution in [0.2, 0.25) is 0 Å². The van der Waals surface area contributed by atoms with Crippen LogP contribution in [0.4, 0.5) is 0 Å². The van der Waals surface area contributed by atoms with E-state index in [1.165, 1.54) is 80.0 Å². The van der Waals surface area contributed by atoms with Crippen LogP contribution < -0.4 is 9.47 Å². The van der Waals surface area contributed by atoms with Crippen molar-refractivity contribution in [2.45, 2.75) is 80.9 Å². The summed E-state index contributed by atoms with van der Waals surface area (Å²) in [5.74, 6) is 7.21. The van der Waals surface area contributed by atoms with E-state index in [0.717, 1.165) is 63.1 Å². The van der Waals surface area contributed by atoms with Crippen LogP contribution in [0, 0.1) is 0 Å². The summed E-state index contributed by atoms with van der Waals surface area (Å²) < 4.78 is 18.0. The molecule has 2 fully saturated rings. The molecule has 2 aliphatic heterocycles. The summed E-state index contributed by atoms with van der Waals surface area (Å²) in [7, 11) is 0.776. The zero-order valence-electron chi connectivity index (χ0n) is 29.5. The van der Waals surface area contributed by atoms with Crippen molar-refractivity contribution in [1.82, 2.24) is 4.90 Å². The van der Waals surface area contributed by atoms with Crippen LogP contribution >= 0.6 is 0 Å². The molecule has 6 rings (SSSR count). The standard InChI is InChI=1S/C42H55NO4S2/c1-2-45-42(44)33-43(25-9-3-11-27-46-38-21-23-40(48-29-13-14-30-48)36-19-7-5-17-34(36)38)26-10-4-12-28-47-39-22-24-41(49-31-15-16-32-49)37-20-8-6-18-35(37)39/h5-8,17-24H,2-4,9-16,25-33H2,1H3/q+2. The fourth-order valence-electron chi connectivity index (χ4n) is 7.24. The van der Waals surface area contributed by atoms with Crippen LogP contribution in [0.1, 0.15) is 71.1 Å². The minimum Gasteiger partial charge on any atom is -0.493 e. The summed E-state index contributed by atoms with van der Waals surface area (Å²) >= 11 is 0. The second-order valence-corrected chi connectivity index (χ2v) is 17.8. The normalized spacial score (nSPS) is 15.5. The van der Waals surface area contributed by atoms with Crippen molar-refractivity contribution in [3.05, 3.63) is 72.8 Å². The van der Waals surface area contributed by atoms with Gasteiger partial charge in [-0.2, -0.15) is 0 Å². The number of fused-ring (bicyclic) bond motifs is 2. The SMILES string of the molecule is CCOC(=O)CN(CCCCCOc1ccc([S+]2CCCC2)c2ccccc12)CCCCCOc1ccc([S+]2CCCC2)c2ccccc12. The molecule has 0 bridgehead atoms. The Bertz CT molecular complexity index is 1520. The molecular weight excluding hydrogens is 647 g/mol. The Kier molecular flexibility index (Phi) is 13.9. The molecule has 4 aromatic carbocycles. The Hall–Kier alpha value is -2.87. The van der Waals surface area contributed by atoms with Gasteiger partial charge >= 0.3 is 5.97 Å². The average molecular weight is 702 g/mol. The summed E-state index contributed by atoms with van der Waals surface area (Å²) in [4.78, 5) is 17.7. The molecule has 0 radical (unpaired) electrons. The molecule has 0 aliphatic carbocycles. The summed E-state index contributed by atoms with van der Waals surface area (Å²) in [6.07, 6.45) is 11.7. The van der Waals surface area contributed by atoms with Gasteiger partial charge in [-0.25, -0.2) is 0 Å². The predicted octanol–water partition coefficient (Wildman–Crippen LogP) is 9.20. The molecule has 0 saturated carbocycles. The highest BCUT2D eigenvalue weighted by atomic mass is 32.2. The van der Waals surface area contributed by atoms with E-state index in [1.54, 1.807) is 0 Å². The lowest BCUT2D eigenvalue weighted by atomic mass is 10.1. The Balaban J connectivity index is 0.918. The van der Waals surface area contributed by atoms with E-state index < -0.39 is 0 Å². The number of carbonyl (C=O) groups is 1. The van der Waals surface area contributed by atoms with Crippen LogP contribution in [-0.2, 0) is 31.3 Å². The second-order valence-electron chi connectivity index (χ2n) is 13.3. The Morgan fingerprint density at radius 1 is 0.592 bits per heavy atom. The number of hydrogen-bond donors (Lipinski definition) is 0. The first kappa shape index (κ1) is 35.9. The summed E-state index contributed by atoms with van der Waals surface area (Å²) in [6.45, 7) is 5.89. The molecule has 0 unspecified atom stereocenters. The van der Waals surface area contributed by atoms with E-state index in [-0.39, 0.29) is 5.97 Å². The zero-order chi connectivity index (χ0) is 33.7. The van der Waals surface area contributed by atoms with Crippen molar-refractivity contribution in [1.29, 1.82) is 0 Å². The molecule has 2 saturated heterocycles. The summed E-state index contributed by atoms with van der Waals surface area (Å²) in [5, 5.41) is 5.23. The van der Waals surface area contributed by atoms with Gasteiger partial charge in [-0.3, -0.25) is 9.69 Å². The first-order chi connectivity index (χ1) is 24.2. The van der Waals surface area contributed by atoms with E-state index in [4.69, 9.17) is 14.2 Å². The van der Waals surface area contributed by atoms with E-state index in [1.807, 2.05) is 6.92 Å². The number of unbranched alkanes of at least 4 members (excludes halogenated alkanes) is 4. The lowest BCUT2D eigenvalue weighted by Crippen LogP contribution is -2.33. The van der Waals surface area contributed by atoms with Gasteiger partial charge in [0.05, 0.1) is 26.4 Å². The van der Waals surface area contributed by atoms with Gasteiger partial charge in [0, 0.05) is 43.3 Å². The minimum atomic E-state index is -0.128. The van der Waals surface area contributed by atoms with Gasteiger partial charge in [0.1, 0.15) is 34.5 Å². The average Bonchev–Trinajstić information content (AvgIpc) is 3.87. The van der Waals surface area contributed by atoms with Gasteiger partial charge in [0.2, 0.25) is 0 Å². The molecule has 0 N–H and O–H groups in total. The van der Waals surface area contributed by atoms with Crippen LogP contribution in [0.15, 0.2) is 82.6 Å². The van der Waals surface area contributed by atoms with Crippen molar-refractivity contribution >= 4 is 49.3 Å². The molecule has 0 spiro atoms. The Morgan fingerprint density at radius 3 is 1.49 bits per heavy atom. The Labute approximate surface area is 299 Å². The third-order valence-electron chi connectivity index (χ3n) is 9.78. The maximum absolute atomic E-state index is 12.4. The van der Waals surface area contributed by atoms with E-state index >= 15 is 0 Å². The van der Waals surface area contributed by atoms with Crippen molar-refractivity contribution < 1.29 is 19.0 Å². The minimum absolute atomic E-state index is 0.128. The van der Waals surface area contributed by atoms with Crippen LogP contribution in [0.25, 0.3) is 21.5 Å². The first-order valence-corrected chi connectivity index (χ1v) is 21.9. The first-order valence-electron chi connectivity index (χ1n) is 18.7. The lowest BCUT2D eigenvalue weighted by Gasteiger charge is -2.21. The molecule has 262 valence electrons. The van der Waals surface area contributed by atoms with Crippen molar-refractivity contribution in [3.63, 3.8) is 0 Å². The number of carbonyl (C=O) groups excluding carboxylic acids is 1. The van der Waals surface area contributed by atoms with Gasteiger partial charge in [0.15, 0.2) is 9.79 Å². The molecule has 0 aromatic heterocycles. The fraction of sp³-hybridized carbons (Fsp3) is 0.500. The van der Waals surface area contributed by atoms with Crippen molar-refractivity contribution in [2.75, 3.05) is 62.5 Å². The number of rotatable bonds is 19. The van der Waals surface area contributed by atoms with E-state index in [2.05, 4.69) is 77.7 Å². The smallest absolute Gasteiger partial charge is 0.320 e. The molecular formula is C42H55NO4S2+2. The maximum atomic E-state index is 12.4. The third kappa shape index (κ3) is 9.89. The molecule has 0 amide bonds. The lowest BCUT2D eigenvalue weighted by molar-refractivity contribution is -0.144. The Morgan fingerprint density at radius 2 is 1.04 bits per heavy atom. The van der Waals surface area contributed by atoms with Gasteiger partial charge in [-0.1, -0.05) is 36.4 Å². The maximum Gasteiger partial charge on any atom is 0.320 e. The molecule has 4 aromatic rings. The number of esters is 1. The quantitative estimate of drug-likeness (QED) is 0.0555. The van der Waals surface area contributed by atoms with E-state index in [0.29, 0.717) is 48.2 Å². The van der Waals surface area contributed by atoms with E-state index in [9.17, 15) is 4.79 Å². The molecule has 5 nitrogen and oxygen atoms in total. The zero-order valence-corrected chi connectivity index (χ0v) is 31.1. The third-order valence-corrected chi connectivity index (χ3v) is 14.9. The van der Waals surface area contributed by atoms with Gasteiger partial charge < -0.3 is 14.2 Å². The molecule has 2 heterocycles. The van der Waals surface area contributed by atoms with Gasteiger partial charge in [-0.05, 0) is 121 Å². The van der Waals surface area contributed by atoms with Crippen molar-refractivity contribution in [2.24, 2.45) is 0 Å². The van der Waals surface area contributed by atoms with Crippen LogP contribution in [0.3, 0.4) is 0 Å². The summed E-state index contributed by atoms with van der Waals surface area (Å²) in [5.41, 5.74) is 0. The summed E-state index contributed by atoms with van der Waals surface area (Å²) in [6, 6.07) is 26.6. The molecule has 7 heteroatoms. The predicted molar refractivity (Wildman–Crippen MR) is 209 cm³/mol. The number of nitrogens with zero attached hydrogens (tertiary/aromatic N) is 1. The van der Waals surface area contributed by atoms with Crippen molar-refractivity contribution in [3.8, 4) is 11.5 Å². The van der Waals surface area contributed by atoms with Gasteiger partial charge in [-0.15, -0.1) is 0 Å². The largest absolute Gasteiger partial charge is 0.493 e. The van der Waals surface area contributed by atoms with Crippen LogP contribution in [-0.4, -0.2) is 73.3 Å². The number of hydrogen-bond acceptors (Lipinski definition) is 5. The fourth-order valence-corrected chi connectivity index (χ4v) is 12.2. The van der Waals surface area contributed by atoms with Gasteiger partial charge in [0.25, 0.3) is 0 Å². The highest BCUT2D eigenvalue weighted by Gasteiger charge is 2.30. The topological polar surface area (TPSA) is 48.0 Å². The monoisotopic (exact) mass is 701 g/mol. The molecule has 0 atom stereocenters. The molecule has 2 aliphatic rings. The second kappa shape index (κ2) is 18.9. The number of ether oxygens (including phenoxy) is 3. The highest BCUT2D eigenvalue weighted by Crippen LogP contribution is 2.36.